The number of hydrogen-bond acceptors (Lipinski definition) is 4. The van der Waals surface area contributed by atoms with Crippen molar-refractivity contribution in [2.45, 2.75) is 12.6 Å². The number of amidine groups is 1. The lowest BCUT2D eigenvalue weighted by molar-refractivity contribution is -0.131. The van der Waals surface area contributed by atoms with E-state index in [0.29, 0.717) is 16.9 Å². The molecule has 4 N–H and O–H groups in total. The van der Waals surface area contributed by atoms with Crippen LogP contribution >= 0.6 is 0 Å². The largest absolute Gasteiger partial charge is 0.497 e. The third kappa shape index (κ3) is 5.26. The highest BCUT2D eigenvalue weighted by molar-refractivity contribution is 5.94. The molecule has 1 unspecified atom stereocenters. The van der Waals surface area contributed by atoms with E-state index < -0.39 is 17.8 Å². The molecule has 0 bridgehead atoms. The zero-order valence-corrected chi connectivity index (χ0v) is 17.3. The number of methoxy groups -OCH3 is 2. The number of nitrogens with one attached hydrogen (secondary N) is 2. The van der Waals surface area contributed by atoms with Crippen LogP contribution in [-0.4, -0.2) is 26.0 Å². The summed E-state index contributed by atoms with van der Waals surface area (Å²) >= 11 is 0. The van der Waals surface area contributed by atoms with Crippen LogP contribution in [0.4, 0.5) is 4.39 Å². The maximum absolute atomic E-state index is 14.8. The topological polar surface area (TPSA) is 97.4 Å². The number of benzene rings is 3. The first-order chi connectivity index (χ1) is 14.9. The third-order valence-electron chi connectivity index (χ3n) is 4.91. The Morgan fingerprint density at radius 3 is 2.23 bits per heavy atom. The molecule has 0 saturated carbocycles. The maximum Gasteiger partial charge on any atom is 0.254 e. The minimum atomic E-state index is -1.08. The normalized spacial score (nSPS) is 11.6. The lowest BCUT2D eigenvalue weighted by Gasteiger charge is -2.17. The first-order valence-electron chi connectivity index (χ1n) is 9.60. The first kappa shape index (κ1) is 22.0. The van der Waals surface area contributed by atoms with Gasteiger partial charge in [-0.3, -0.25) is 10.2 Å². The Labute approximate surface area is 180 Å². The van der Waals surface area contributed by atoms with E-state index in [4.69, 9.17) is 20.6 Å². The van der Waals surface area contributed by atoms with Gasteiger partial charge in [0.25, 0.3) is 5.91 Å². The van der Waals surface area contributed by atoms with Crippen molar-refractivity contribution >= 4 is 11.7 Å². The van der Waals surface area contributed by atoms with E-state index in [0.717, 1.165) is 11.1 Å². The van der Waals surface area contributed by atoms with E-state index in [-0.39, 0.29) is 17.9 Å². The van der Waals surface area contributed by atoms with E-state index in [2.05, 4.69) is 5.32 Å². The van der Waals surface area contributed by atoms with Gasteiger partial charge in [0, 0.05) is 24.8 Å². The minimum Gasteiger partial charge on any atom is -0.497 e. The molecule has 0 heterocycles. The van der Waals surface area contributed by atoms with Gasteiger partial charge >= 0.3 is 0 Å². The summed E-state index contributed by atoms with van der Waals surface area (Å²) < 4.78 is 25.3. The zero-order chi connectivity index (χ0) is 22.4. The fourth-order valence-corrected chi connectivity index (χ4v) is 3.16. The van der Waals surface area contributed by atoms with Gasteiger partial charge in [0.05, 0.1) is 7.11 Å². The van der Waals surface area contributed by atoms with E-state index in [1.54, 1.807) is 55.6 Å². The van der Waals surface area contributed by atoms with Gasteiger partial charge in [-0.05, 0) is 34.9 Å². The molecule has 3 aromatic rings. The Bertz CT molecular complexity index is 1070. The molecule has 7 heteroatoms. The fraction of sp³-hybridized carbons (Fsp3) is 0.167. The standard InChI is InChI=1S/C24H24FN3O3/c1-30-19-10-7-16(8-11-19)18-9-12-20(21(25)13-18)22(31-2)24(29)28-14-15-3-5-17(6-4-15)23(26)27/h3-13,22H,14H2,1-2H3,(H3,26,27)(H,28,29). The highest BCUT2D eigenvalue weighted by Crippen LogP contribution is 2.28. The zero-order valence-electron chi connectivity index (χ0n) is 17.3. The first-order valence-corrected chi connectivity index (χ1v) is 9.60. The van der Waals surface area contributed by atoms with E-state index in [9.17, 15) is 9.18 Å². The van der Waals surface area contributed by atoms with Gasteiger partial charge in [-0.2, -0.15) is 0 Å². The molecule has 0 spiro atoms. The number of amides is 1. The van der Waals surface area contributed by atoms with Crippen molar-refractivity contribution in [2.75, 3.05) is 14.2 Å². The van der Waals surface area contributed by atoms with Crippen LogP contribution in [-0.2, 0) is 16.1 Å². The van der Waals surface area contributed by atoms with E-state index in [1.165, 1.54) is 13.2 Å². The second-order valence-corrected chi connectivity index (χ2v) is 6.91. The molecule has 0 aliphatic heterocycles. The van der Waals surface area contributed by atoms with Crippen molar-refractivity contribution in [3.05, 3.63) is 89.2 Å². The number of carbonyl (C=O) groups is 1. The quantitative estimate of drug-likeness (QED) is 0.381. The van der Waals surface area contributed by atoms with Gasteiger partial charge < -0.3 is 20.5 Å². The van der Waals surface area contributed by atoms with Gasteiger partial charge in [-0.15, -0.1) is 0 Å². The lowest BCUT2D eigenvalue weighted by atomic mass is 10.0. The Balaban J connectivity index is 1.71. The highest BCUT2D eigenvalue weighted by atomic mass is 19.1. The van der Waals surface area contributed by atoms with Crippen molar-refractivity contribution < 1.29 is 18.7 Å². The molecule has 3 rings (SSSR count). The van der Waals surface area contributed by atoms with Crippen LogP contribution in [0.25, 0.3) is 11.1 Å². The average molecular weight is 421 g/mol. The summed E-state index contributed by atoms with van der Waals surface area (Å²) in [6.45, 7) is 0.239. The van der Waals surface area contributed by atoms with Crippen molar-refractivity contribution in [1.82, 2.24) is 5.32 Å². The monoisotopic (exact) mass is 421 g/mol. The van der Waals surface area contributed by atoms with Crippen LogP contribution in [0.5, 0.6) is 5.75 Å². The molecule has 6 nitrogen and oxygen atoms in total. The van der Waals surface area contributed by atoms with Crippen LogP contribution in [0.2, 0.25) is 0 Å². The van der Waals surface area contributed by atoms with Gasteiger partial charge in [0.15, 0.2) is 6.10 Å². The maximum atomic E-state index is 14.8. The number of carbonyl (C=O) groups excluding carboxylic acids is 1. The van der Waals surface area contributed by atoms with E-state index >= 15 is 0 Å². The molecule has 0 fully saturated rings. The van der Waals surface area contributed by atoms with Crippen molar-refractivity contribution in [1.29, 1.82) is 5.41 Å². The lowest BCUT2D eigenvalue weighted by Crippen LogP contribution is -2.30. The molecule has 160 valence electrons. The Hall–Kier alpha value is -3.71. The number of ether oxygens (including phenoxy) is 2. The summed E-state index contributed by atoms with van der Waals surface area (Å²) in [5, 5.41) is 10.2. The van der Waals surface area contributed by atoms with Crippen molar-refractivity contribution in [2.24, 2.45) is 5.73 Å². The van der Waals surface area contributed by atoms with Crippen molar-refractivity contribution in [3.63, 3.8) is 0 Å². The number of nitrogens with two attached hydrogens (primary N) is 1. The summed E-state index contributed by atoms with van der Waals surface area (Å²) in [7, 11) is 2.95. The Morgan fingerprint density at radius 2 is 1.68 bits per heavy atom. The molecule has 0 saturated heterocycles. The third-order valence-corrected chi connectivity index (χ3v) is 4.91. The molecule has 1 atom stereocenters. The molecule has 0 radical (unpaired) electrons. The van der Waals surface area contributed by atoms with Crippen LogP contribution in [0.15, 0.2) is 66.7 Å². The molecule has 0 aromatic heterocycles. The van der Waals surface area contributed by atoms with Gasteiger partial charge in [0.2, 0.25) is 0 Å². The van der Waals surface area contributed by atoms with Crippen molar-refractivity contribution in [3.8, 4) is 16.9 Å². The van der Waals surface area contributed by atoms with Crippen LogP contribution < -0.4 is 15.8 Å². The number of hydrogen-bond donors (Lipinski definition) is 3. The van der Waals surface area contributed by atoms with Gasteiger partial charge in [-0.25, -0.2) is 4.39 Å². The summed E-state index contributed by atoms with van der Waals surface area (Å²) in [6.07, 6.45) is -1.08. The number of rotatable bonds is 8. The fourth-order valence-electron chi connectivity index (χ4n) is 3.16. The minimum absolute atomic E-state index is 0.0244. The Morgan fingerprint density at radius 1 is 1.03 bits per heavy atom. The summed E-state index contributed by atoms with van der Waals surface area (Å²) in [5.74, 6) is -0.285. The van der Waals surface area contributed by atoms with Crippen LogP contribution in [0, 0.1) is 11.2 Å². The smallest absolute Gasteiger partial charge is 0.254 e. The molecule has 0 aliphatic carbocycles. The molecule has 1 amide bonds. The second-order valence-electron chi connectivity index (χ2n) is 6.91. The Kier molecular flexibility index (Phi) is 6.99. The molecule has 3 aromatic carbocycles. The number of halogens is 1. The molecule has 0 aliphatic rings. The molecule has 31 heavy (non-hydrogen) atoms. The molecular weight excluding hydrogens is 397 g/mol. The summed E-state index contributed by atoms with van der Waals surface area (Å²) in [5.41, 5.74) is 8.54. The molecular formula is C24H24FN3O3. The summed E-state index contributed by atoms with van der Waals surface area (Å²) in [4.78, 5) is 12.6. The SMILES string of the molecule is COc1ccc(-c2ccc(C(OC)C(=O)NCc3ccc(C(=N)N)cc3)c(F)c2)cc1. The van der Waals surface area contributed by atoms with Crippen LogP contribution in [0.3, 0.4) is 0 Å². The predicted molar refractivity (Wildman–Crippen MR) is 117 cm³/mol. The summed E-state index contributed by atoms with van der Waals surface area (Å²) in [6, 6.07) is 18.9. The van der Waals surface area contributed by atoms with Gasteiger partial charge in [0.1, 0.15) is 17.4 Å². The van der Waals surface area contributed by atoms with E-state index in [1.807, 2.05) is 12.1 Å². The highest BCUT2D eigenvalue weighted by Gasteiger charge is 2.23. The second kappa shape index (κ2) is 9.86. The average Bonchev–Trinajstić information content (AvgIpc) is 2.79. The van der Waals surface area contributed by atoms with Gasteiger partial charge in [-0.1, -0.05) is 48.5 Å². The predicted octanol–water partition coefficient (Wildman–Crippen LogP) is 3.79. The van der Waals surface area contributed by atoms with Crippen LogP contribution in [0.1, 0.15) is 22.8 Å². The number of nitrogen functional groups attached to an aromatic ring is 1.